The fourth-order valence-corrected chi connectivity index (χ4v) is 3.88. The molecule has 1 aliphatic heterocycles. The summed E-state index contributed by atoms with van der Waals surface area (Å²) in [6, 6.07) is 11.5. The molecular weight excluding hydrogens is 438 g/mol. The first-order chi connectivity index (χ1) is 16.2. The molecule has 0 aromatic heterocycles. The Labute approximate surface area is 198 Å². The number of hydrogen-bond acceptors (Lipinski definition) is 7. The number of Topliss-reactive ketones (excluding diaryl/α,β-unsaturated/α-hetero) is 1. The predicted molar refractivity (Wildman–Crippen MR) is 128 cm³/mol. The Hall–Kier alpha value is -3.72. The molecule has 2 aromatic rings. The third-order valence-corrected chi connectivity index (χ3v) is 5.56. The number of nitro benzene ring substituents is 1. The zero-order valence-electron chi connectivity index (χ0n) is 19.6. The first-order valence-corrected chi connectivity index (χ1v) is 11.1. The topological polar surface area (TPSA) is 113 Å². The van der Waals surface area contributed by atoms with Gasteiger partial charge >= 0.3 is 0 Å². The molecule has 0 bridgehead atoms. The van der Waals surface area contributed by atoms with Crippen molar-refractivity contribution in [3.63, 3.8) is 0 Å². The van der Waals surface area contributed by atoms with E-state index in [9.17, 15) is 24.8 Å². The van der Waals surface area contributed by atoms with E-state index in [0.29, 0.717) is 43.0 Å². The second-order valence-electron chi connectivity index (χ2n) is 8.37. The Morgan fingerprint density at radius 2 is 1.76 bits per heavy atom. The Kier molecular flexibility index (Phi) is 8.01. The van der Waals surface area contributed by atoms with Crippen molar-refractivity contribution in [2.24, 2.45) is 0 Å². The fourth-order valence-electron chi connectivity index (χ4n) is 3.88. The van der Waals surface area contributed by atoms with E-state index < -0.39 is 22.7 Å². The van der Waals surface area contributed by atoms with E-state index in [4.69, 9.17) is 4.74 Å². The van der Waals surface area contributed by atoms with Gasteiger partial charge in [0.05, 0.1) is 23.1 Å². The highest BCUT2D eigenvalue weighted by molar-refractivity contribution is 6.46. The first kappa shape index (κ1) is 24.9. The average molecular weight is 468 g/mol. The summed E-state index contributed by atoms with van der Waals surface area (Å²) >= 11 is 0. The maximum absolute atomic E-state index is 13.0. The van der Waals surface area contributed by atoms with Gasteiger partial charge in [0.2, 0.25) is 0 Å². The molecule has 1 saturated heterocycles. The number of non-ortho nitro benzene ring substituents is 1. The lowest BCUT2D eigenvalue weighted by molar-refractivity contribution is -0.384. The highest BCUT2D eigenvalue weighted by Gasteiger charge is 2.45. The molecule has 1 amide bonds. The van der Waals surface area contributed by atoms with Crippen molar-refractivity contribution in [2.45, 2.75) is 25.8 Å². The molecule has 3 rings (SSSR count). The lowest BCUT2D eigenvalue weighted by atomic mass is 9.95. The van der Waals surface area contributed by atoms with Gasteiger partial charge in [-0.25, -0.2) is 0 Å². The monoisotopic (exact) mass is 467 g/mol. The summed E-state index contributed by atoms with van der Waals surface area (Å²) in [5, 5.41) is 22.2. The second kappa shape index (κ2) is 10.9. The molecule has 180 valence electrons. The van der Waals surface area contributed by atoms with Crippen LogP contribution in [0.25, 0.3) is 5.76 Å². The quantitative estimate of drug-likeness (QED) is 0.186. The summed E-state index contributed by atoms with van der Waals surface area (Å²) in [6.45, 7) is 3.56. The van der Waals surface area contributed by atoms with Crippen molar-refractivity contribution in [3.05, 3.63) is 75.3 Å². The number of nitrogens with zero attached hydrogens (tertiary/aromatic N) is 3. The van der Waals surface area contributed by atoms with Gasteiger partial charge in [-0.1, -0.05) is 6.92 Å². The van der Waals surface area contributed by atoms with Crippen molar-refractivity contribution in [1.29, 1.82) is 0 Å². The van der Waals surface area contributed by atoms with E-state index in [-0.39, 0.29) is 17.0 Å². The SMILES string of the molecule is CCCOc1ccc(C(O)=C2C(=O)C(=O)N(CCCN(C)C)[C@@H]2c2ccc([N+](=O)[O-])cc2)cc1. The number of rotatable bonds is 10. The third kappa shape index (κ3) is 5.43. The van der Waals surface area contributed by atoms with Crippen LogP contribution in [0.15, 0.2) is 54.1 Å². The number of amides is 1. The van der Waals surface area contributed by atoms with Crippen LogP contribution >= 0.6 is 0 Å². The summed E-state index contributed by atoms with van der Waals surface area (Å²) < 4.78 is 5.57. The van der Waals surface area contributed by atoms with Crippen LogP contribution in [0.2, 0.25) is 0 Å². The average Bonchev–Trinajstić information content (AvgIpc) is 3.07. The van der Waals surface area contributed by atoms with Crippen molar-refractivity contribution in [3.8, 4) is 5.75 Å². The number of hydrogen-bond donors (Lipinski definition) is 1. The molecule has 0 radical (unpaired) electrons. The minimum Gasteiger partial charge on any atom is -0.507 e. The molecule has 1 aliphatic rings. The maximum Gasteiger partial charge on any atom is 0.295 e. The predicted octanol–water partition coefficient (Wildman–Crippen LogP) is 3.76. The van der Waals surface area contributed by atoms with E-state index in [1.165, 1.54) is 29.2 Å². The molecule has 1 heterocycles. The molecule has 2 aromatic carbocycles. The van der Waals surface area contributed by atoms with Crippen molar-refractivity contribution >= 4 is 23.1 Å². The second-order valence-corrected chi connectivity index (χ2v) is 8.37. The van der Waals surface area contributed by atoms with Crippen LogP contribution in [-0.4, -0.2) is 65.3 Å². The van der Waals surface area contributed by atoms with Gasteiger partial charge in [-0.05, 0) is 75.4 Å². The van der Waals surface area contributed by atoms with E-state index in [0.717, 1.165) is 6.42 Å². The number of ketones is 1. The summed E-state index contributed by atoms with van der Waals surface area (Å²) in [4.78, 5) is 40.0. The van der Waals surface area contributed by atoms with Crippen LogP contribution in [-0.2, 0) is 9.59 Å². The van der Waals surface area contributed by atoms with Crippen molar-refractivity contribution in [2.75, 3.05) is 33.8 Å². The third-order valence-electron chi connectivity index (χ3n) is 5.56. The number of aliphatic hydroxyl groups excluding tert-OH is 1. The van der Waals surface area contributed by atoms with E-state index in [1.54, 1.807) is 24.3 Å². The van der Waals surface area contributed by atoms with Crippen molar-refractivity contribution in [1.82, 2.24) is 9.80 Å². The van der Waals surface area contributed by atoms with Gasteiger partial charge in [0, 0.05) is 24.2 Å². The molecule has 1 atom stereocenters. The fraction of sp³-hybridized carbons (Fsp3) is 0.360. The largest absolute Gasteiger partial charge is 0.507 e. The molecule has 9 nitrogen and oxygen atoms in total. The highest BCUT2D eigenvalue weighted by atomic mass is 16.6. The lowest BCUT2D eigenvalue weighted by Gasteiger charge is -2.26. The van der Waals surface area contributed by atoms with Crippen LogP contribution < -0.4 is 4.74 Å². The molecule has 1 fully saturated rings. The summed E-state index contributed by atoms with van der Waals surface area (Å²) in [7, 11) is 3.83. The Bertz CT molecular complexity index is 1080. The van der Waals surface area contributed by atoms with Crippen molar-refractivity contribution < 1.29 is 24.4 Å². The molecule has 1 N–H and O–H groups in total. The normalized spacial score (nSPS) is 17.4. The van der Waals surface area contributed by atoms with Crippen LogP contribution in [0.5, 0.6) is 5.75 Å². The molecule has 0 aliphatic carbocycles. The lowest BCUT2D eigenvalue weighted by Crippen LogP contribution is -2.32. The summed E-state index contributed by atoms with van der Waals surface area (Å²) in [5.74, 6) is -1.14. The van der Waals surface area contributed by atoms with Gasteiger partial charge in [-0.3, -0.25) is 19.7 Å². The minimum atomic E-state index is -0.848. The number of carbonyl (C=O) groups is 2. The standard InChI is InChI=1S/C25H29N3O6/c1-4-16-34-20-12-8-18(9-13-20)23(29)21-22(17-6-10-19(11-7-17)28(32)33)27(25(31)24(21)30)15-5-14-26(2)3/h6-13,22,29H,4-5,14-16H2,1-3H3/t22-/m1/s1. The smallest absolute Gasteiger partial charge is 0.295 e. The molecule has 0 saturated carbocycles. The Morgan fingerprint density at radius 1 is 1.12 bits per heavy atom. The minimum absolute atomic E-state index is 0.0362. The van der Waals surface area contributed by atoms with Crippen LogP contribution in [0.1, 0.15) is 36.9 Å². The number of ether oxygens (including phenoxy) is 1. The molecule has 9 heteroatoms. The van der Waals surface area contributed by atoms with E-state index >= 15 is 0 Å². The molecule has 0 unspecified atom stereocenters. The summed E-state index contributed by atoms with van der Waals surface area (Å²) in [6.07, 6.45) is 1.47. The van der Waals surface area contributed by atoms with Crippen LogP contribution in [0.3, 0.4) is 0 Å². The highest BCUT2D eigenvalue weighted by Crippen LogP contribution is 2.40. The summed E-state index contributed by atoms with van der Waals surface area (Å²) in [5.41, 5.74) is 0.753. The number of nitro groups is 1. The number of likely N-dealkylation sites (tertiary alicyclic amines) is 1. The zero-order valence-corrected chi connectivity index (χ0v) is 19.6. The van der Waals surface area contributed by atoms with Gasteiger partial charge in [0.1, 0.15) is 11.5 Å². The van der Waals surface area contributed by atoms with Gasteiger partial charge in [0.15, 0.2) is 0 Å². The molecule has 34 heavy (non-hydrogen) atoms. The Morgan fingerprint density at radius 3 is 2.32 bits per heavy atom. The number of benzene rings is 2. The number of carbonyl (C=O) groups excluding carboxylic acids is 2. The van der Waals surface area contributed by atoms with Crippen LogP contribution in [0.4, 0.5) is 5.69 Å². The van der Waals surface area contributed by atoms with Gasteiger partial charge in [0.25, 0.3) is 17.4 Å². The first-order valence-electron chi connectivity index (χ1n) is 11.1. The van der Waals surface area contributed by atoms with E-state index in [2.05, 4.69) is 0 Å². The number of aliphatic hydroxyl groups is 1. The van der Waals surface area contributed by atoms with E-state index in [1.807, 2.05) is 25.9 Å². The van der Waals surface area contributed by atoms with Gasteiger partial charge in [-0.15, -0.1) is 0 Å². The molecular formula is C25H29N3O6. The Balaban J connectivity index is 2.03. The van der Waals surface area contributed by atoms with Crippen LogP contribution in [0, 0.1) is 10.1 Å². The van der Waals surface area contributed by atoms with Gasteiger partial charge < -0.3 is 19.6 Å². The molecule has 0 spiro atoms. The zero-order chi connectivity index (χ0) is 24.8. The van der Waals surface area contributed by atoms with Gasteiger partial charge in [-0.2, -0.15) is 0 Å². The maximum atomic E-state index is 13.0.